The molecule has 2 aromatic heterocycles. The van der Waals surface area contributed by atoms with E-state index in [9.17, 15) is 4.79 Å². The number of H-pyrrole nitrogens is 1. The van der Waals surface area contributed by atoms with Crippen LogP contribution in [0.1, 0.15) is 30.3 Å². The second kappa shape index (κ2) is 8.54. The van der Waals surface area contributed by atoms with Gasteiger partial charge in [-0.2, -0.15) is 10.2 Å². The molecule has 0 aliphatic rings. The summed E-state index contributed by atoms with van der Waals surface area (Å²) in [7, 11) is 0. The molecule has 7 nitrogen and oxygen atoms in total. The minimum absolute atomic E-state index is 0.242. The molecular weight excluding hydrogens is 340 g/mol. The van der Waals surface area contributed by atoms with Crippen LogP contribution in [0, 0.1) is 6.57 Å². The van der Waals surface area contributed by atoms with E-state index in [1.54, 1.807) is 24.4 Å². The van der Waals surface area contributed by atoms with Crippen molar-refractivity contribution >= 4 is 23.0 Å². The van der Waals surface area contributed by atoms with E-state index in [0.717, 1.165) is 12.0 Å². The molecule has 7 heteroatoms. The Bertz CT molecular complexity index is 986. The number of hydrogen-bond acceptors (Lipinski definition) is 5. The molecule has 0 amide bonds. The first kappa shape index (κ1) is 18.0. The lowest BCUT2D eigenvalue weighted by Crippen LogP contribution is -2.17. The number of hydrogen-bond donors (Lipinski definition) is 2. The average molecular weight is 358 g/mol. The van der Waals surface area contributed by atoms with E-state index in [-0.39, 0.29) is 11.6 Å². The van der Waals surface area contributed by atoms with E-state index in [1.165, 1.54) is 0 Å². The molecule has 0 spiro atoms. The zero-order valence-corrected chi connectivity index (χ0v) is 14.8. The minimum atomic E-state index is -0.242. The molecule has 134 valence electrons. The number of aromatic amines is 1. The van der Waals surface area contributed by atoms with Gasteiger partial charge in [-0.3, -0.25) is 20.3 Å². The van der Waals surface area contributed by atoms with Crippen molar-refractivity contribution in [1.29, 1.82) is 0 Å². The van der Waals surface area contributed by atoms with Gasteiger partial charge >= 0.3 is 0 Å². The number of ketones is 1. The zero-order chi connectivity index (χ0) is 19.1. The molecule has 3 rings (SSSR count). The Morgan fingerprint density at radius 3 is 2.67 bits per heavy atom. The summed E-state index contributed by atoms with van der Waals surface area (Å²) in [6.45, 7) is 9.44. The number of pyridine rings is 1. The first-order valence-corrected chi connectivity index (χ1v) is 8.54. The number of carbonyl (C=O) groups excluding carboxylic acids is 1. The van der Waals surface area contributed by atoms with Crippen LogP contribution < -0.4 is 5.43 Å². The molecule has 0 atom stereocenters. The summed E-state index contributed by atoms with van der Waals surface area (Å²) < 4.78 is 0. The molecule has 0 aliphatic heterocycles. The topological polar surface area (TPSA) is 87.4 Å². The molecular formula is C20H18N6O. The molecule has 2 heterocycles. The van der Waals surface area contributed by atoms with E-state index >= 15 is 0 Å². The lowest BCUT2D eigenvalue weighted by Gasteiger charge is -2.05. The van der Waals surface area contributed by atoms with Crippen molar-refractivity contribution < 1.29 is 4.79 Å². The molecule has 0 saturated heterocycles. The number of rotatable bonds is 7. The largest absolute Gasteiger partial charge is 0.287 e. The summed E-state index contributed by atoms with van der Waals surface area (Å²) in [6, 6.07) is 14.6. The number of Topliss-reactive ketones (excluding diaryl/α,β-unsaturated/α-hetero) is 1. The van der Waals surface area contributed by atoms with Crippen LogP contribution in [0.3, 0.4) is 0 Å². The highest BCUT2D eigenvalue weighted by Crippen LogP contribution is 2.34. The van der Waals surface area contributed by atoms with Crippen LogP contribution in [-0.2, 0) is 0 Å². The monoisotopic (exact) mass is 358 g/mol. The Morgan fingerprint density at radius 1 is 1.22 bits per heavy atom. The van der Waals surface area contributed by atoms with Gasteiger partial charge in [-0.05, 0) is 24.1 Å². The second-order valence-electron chi connectivity index (χ2n) is 5.74. The molecule has 0 saturated carbocycles. The molecule has 2 N–H and O–H groups in total. The first-order valence-electron chi connectivity index (χ1n) is 8.54. The normalized spacial score (nSPS) is 11.0. The zero-order valence-electron chi connectivity index (χ0n) is 14.8. The number of nitrogens with zero attached hydrogens (tertiary/aromatic N) is 4. The van der Waals surface area contributed by atoms with Crippen molar-refractivity contribution in [2.24, 2.45) is 5.10 Å². The van der Waals surface area contributed by atoms with E-state index in [1.807, 2.05) is 37.3 Å². The first-order chi connectivity index (χ1) is 13.2. The third-order valence-electron chi connectivity index (χ3n) is 3.86. The van der Waals surface area contributed by atoms with Gasteiger partial charge in [0, 0.05) is 6.20 Å². The Labute approximate surface area is 157 Å². The smallest absolute Gasteiger partial charge is 0.256 e. The third kappa shape index (κ3) is 4.07. The van der Waals surface area contributed by atoms with Crippen molar-refractivity contribution in [3.63, 3.8) is 0 Å². The predicted molar refractivity (Wildman–Crippen MR) is 105 cm³/mol. The van der Waals surface area contributed by atoms with Crippen molar-refractivity contribution in [2.45, 2.75) is 19.8 Å². The summed E-state index contributed by atoms with van der Waals surface area (Å²) in [6.07, 6.45) is 2.82. The molecule has 0 fully saturated rings. The quantitative estimate of drug-likeness (QED) is 0.282. The van der Waals surface area contributed by atoms with Gasteiger partial charge in [0.15, 0.2) is 5.82 Å². The standard InChI is InChI=1S/C20H18N6O/c1-3-9-16(19(27)15-12-7-8-13-22-15)23-25-20-18(21-2)17(24-26-20)14-10-5-4-6-11-14/h4-8,10-13H,3,9H2,1H3,(H2,24,25,26). The number of aromatic nitrogens is 3. The fourth-order valence-corrected chi connectivity index (χ4v) is 2.55. The Hall–Kier alpha value is -3.79. The number of anilines is 1. The Balaban J connectivity index is 1.88. The van der Waals surface area contributed by atoms with Gasteiger partial charge in [-0.1, -0.05) is 49.7 Å². The Morgan fingerprint density at radius 2 is 2.00 bits per heavy atom. The average Bonchev–Trinajstić information content (AvgIpc) is 3.14. The van der Waals surface area contributed by atoms with Crippen LogP contribution in [0.4, 0.5) is 11.5 Å². The van der Waals surface area contributed by atoms with Gasteiger partial charge in [-0.15, -0.1) is 0 Å². The summed E-state index contributed by atoms with van der Waals surface area (Å²) >= 11 is 0. The highest BCUT2D eigenvalue weighted by atomic mass is 16.1. The molecule has 1 aromatic carbocycles. The molecule has 0 aliphatic carbocycles. The maximum atomic E-state index is 12.6. The lowest BCUT2D eigenvalue weighted by molar-refractivity contribution is 0.105. The van der Waals surface area contributed by atoms with E-state index in [0.29, 0.717) is 29.2 Å². The van der Waals surface area contributed by atoms with E-state index in [2.05, 4.69) is 30.6 Å². The van der Waals surface area contributed by atoms with Crippen LogP contribution >= 0.6 is 0 Å². The minimum Gasteiger partial charge on any atom is -0.287 e. The van der Waals surface area contributed by atoms with Crippen LogP contribution in [0.5, 0.6) is 0 Å². The molecule has 0 bridgehead atoms. The van der Waals surface area contributed by atoms with Crippen molar-refractivity contribution in [3.05, 3.63) is 71.8 Å². The molecule has 27 heavy (non-hydrogen) atoms. The highest BCUT2D eigenvalue weighted by molar-refractivity contribution is 6.45. The summed E-state index contributed by atoms with van der Waals surface area (Å²) in [5.41, 5.74) is 5.24. The summed E-state index contributed by atoms with van der Waals surface area (Å²) in [5, 5.41) is 11.2. The SMILES string of the molecule is [C-]#[N+]c1c(NN=C(CCC)C(=O)c2ccccn2)n[nH]c1-c1ccccc1. The van der Waals surface area contributed by atoms with Crippen molar-refractivity contribution in [1.82, 2.24) is 15.2 Å². The lowest BCUT2D eigenvalue weighted by atomic mass is 10.1. The van der Waals surface area contributed by atoms with E-state index < -0.39 is 0 Å². The third-order valence-corrected chi connectivity index (χ3v) is 3.86. The fourth-order valence-electron chi connectivity index (χ4n) is 2.55. The van der Waals surface area contributed by atoms with E-state index in [4.69, 9.17) is 6.57 Å². The number of benzene rings is 1. The fraction of sp³-hybridized carbons (Fsp3) is 0.150. The van der Waals surface area contributed by atoms with Crippen LogP contribution in [-0.4, -0.2) is 26.7 Å². The molecule has 3 aromatic rings. The maximum absolute atomic E-state index is 12.6. The van der Waals surface area contributed by atoms with Crippen LogP contribution in [0.25, 0.3) is 16.1 Å². The van der Waals surface area contributed by atoms with Crippen LogP contribution in [0.15, 0.2) is 59.8 Å². The number of nitrogens with one attached hydrogen (secondary N) is 2. The summed E-state index contributed by atoms with van der Waals surface area (Å²) in [5.74, 6) is 0.0411. The molecule has 0 unspecified atom stereocenters. The van der Waals surface area contributed by atoms with Gasteiger partial charge in [0.1, 0.15) is 11.4 Å². The van der Waals surface area contributed by atoms with Gasteiger partial charge < -0.3 is 0 Å². The predicted octanol–water partition coefficient (Wildman–Crippen LogP) is 4.47. The second-order valence-corrected chi connectivity index (χ2v) is 5.74. The number of carbonyl (C=O) groups is 1. The van der Waals surface area contributed by atoms with Gasteiger partial charge in [0.25, 0.3) is 5.69 Å². The highest BCUT2D eigenvalue weighted by Gasteiger charge is 2.17. The van der Waals surface area contributed by atoms with Crippen molar-refractivity contribution in [2.75, 3.05) is 5.43 Å². The molecule has 0 radical (unpaired) electrons. The van der Waals surface area contributed by atoms with Gasteiger partial charge in [0.05, 0.1) is 12.3 Å². The number of hydrazone groups is 1. The van der Waals surface area contributed by atoms with Gasteiger partial charge in [-0.25, -0.2) is 4.85 Å². The summed E-state index contributed by atoms with van der Waals surface area (Å²) in [4.78, 5) is 20.3. The Kier molecular flexibility index (Phi) is 5.70. The van der Waals surface area contributed by atoms with Gasteiger partial charge in [0.2, 0.25) is 5.78 Å². The van der Waals surface area contributed by atoms with Crippen molar-refractivity contribution in [3.8, 4) is 11.3 Å². The maximum Gasteiger partial charge on any atom is 0.256 e. The van der Waals surface area contributed by atoms with Crippen LogP contribution in [0.2, 0.25) is 0 Å².